The molecule has 0 saturated carbocycles. The second-order valence-corrected chi connectivity index (χ2v) is 5.22. The molecule has 0 amide bonds. The molecule has 0 unspecified atom stereocenters. The molecule has 1 aromatic heterocycles. The highest BCUT2D eigenvalue weighted by Crippen LogP contribution is 2.16. The topological polar surface area (TPSA) is 79.4 Å². The number of carboxylic acid groups (broad SMARTS) is 1. The first kappa shape index (κ1) is 18.0. The summed E-state index contributed by atoms with van der Waals surface area (Å²) in [5.41, 5.74) is 0.279. The molecule has 0 spiro atoms. The number of carboxylic acids is 1. The number of aromatic amines is 1. The zero-order chi connectivity index (χ0) is 16.2. The van der Waals surface area contributed by atoms with Gasteiger partial charge in [0.1, 0.15) is 5.75 Å². The van der Waals surface area contributed by atoms with Gasteiger partial charge in [-0.2, -0.15) is 0 Å². The smallest absolute Gasteiger partial charge is 0.307 e. The molecule has 2 N–H and O–H groups in total. The van der Waals surface area contributed by atoms with Crippen LogP contribution in [0.15, 0.2) is 23.0 Å². The summed E-state index contributed by atoms with van der Waals surface area (Å²) < 4.78 is 5.69. The van der Waals surface area contributed by atoms with Gasteiger partial charge in [-0.25, -0.2) is 0 Å². The zero-order valence-electron chi connectivity index (χ0n) is 13.1. The van der Waals surface area contributed by atoms with E-state index in [0.29, 0.717) is 18.1 Å². The Morgan fingerprint density at radius 3 is 2.68 bits per heavy atom. The molecule has 0 bridgehead atoms. The van der Waals surface area contributed by atoms with Crippen LogP contribution in [-0.2, 0) is 4.79 Å². The fourth-order valence-electron chi connectivity index (χ4n) is 2.07. The van der Waals surface area contributed by atoms with Crippen LogP contribution in [0.1, 0.15) is 57.6 Å². The Hall–Kier alpha value is -2.04. The zero-order valence-corrected chi connectivity index (χ0v) is 13.1. The Kier molecular flexibility index (Phi) is 8.72. The number of unbranched alkanes of at least 4 members (excludes halogenated alkanes) is 5. The van der Waals surface area contributed by atoms with Crippen molar-refractivity contribution in [2.45, 2.75) is 51.9 Å². The fraction of sp³-hybridized carbons (Fsp3) is 0.529. The average Bonchev–Trinajstić information content (AvgIpc) is 2.48. The molecule has 0 aromatic carbocycles. The average molecular weight is 307 g/mol. The van der Waals surface area contributed by atoms with E-state index in [1.807, 2.05) is 0 Å². The lowest BCUT2D eigenvalue weighted by molar-refractivity contribution is -0.135. The monoisotopic (exact) mass is 307 g/mol. The predicted octanol–water partition coefficient (Wildman–Crippen LogP) is 3.60. The van der Waals surface area contributed by atoms with Gasteiger partial charge >= 0.3 is 5.97 Å². The van der Waals surface area contributed by atoms with Crippen molar-refractivity contribution in [3.05, 3.63) is 34.3 Å². The Morgan fingerprint density at radius 2 is 1.95 bits per heavy atom. The lowest BCUT2D eigenvalue weighted by atomic mass is 10.1. The van der Waals surface area contributed by atoms with Crippen molar-refractivity contribution >= 4 is 12.0 Å². The second kappa shape index (κ2) is 10.7. The third-order valence-electron chi connectivity index (χ3n) is 3.24. The van der Waals surface area contributed by atoms with E-state index in [-0.39, 0.29) is 12.0 Å². The van der Waals surface area contributed by atoms with Gasteiger partial charge in [0.2, 0.25) is 5.56 Å². The molecule has 122 valence electrons. The number of pyridine rings is 1. The number of aromatic nitrogens is 1. The van der Waals surface area contributed by atoms with E-state index in [9.17, 15) is 9.59 Å². The van der Waals surface area contributed by atoms with Crippen LogP contribution < -0.4 is 10.3 Å². The molecule has 1 aromatic rings. The van der Waals surface area contributed by atoms with Crippen LogP contribution >= 0.6 is 0 Å². The molecule has 0 aliphatic heterocycles. The van der Waals surface area contributed by atoms with Gasteiger partial charge in [-0.1, -0.05) is 45.1 Å². The maximum atomic E-state index is 11.4. The molecule has 0 saturated heterocycles. The van der Waals surface area contributed by atoms with Gasteiger partial charge in [0.15, 0.2) is 0 Å². The molecule has 0 aliphatic carbocycles. The maximum Gasteiger partial charge on any atom is 0.307 e. The Bertz CT molecular complexity index is 534. The standard InChI is InChI=1S/C17H25NO4/c1-2-3-4-5-6-7-13-22-15-11-12-16(19)18-14(15)9-8-10-17(20)21/h8-9,11-12H,2-7,10,13H2,1H3,(H,18,19)(H,20,21). The third kappa shape index (κ3) is 7.67. The first-order valence-electron chi connectivity index (χ1n) is 7.88. The minimum atomic E-state index is -0.913. The van der Waals surface area contributed by atoms with Crippen molar-refractivity contribution in [1.82, 2.24) is 4.98 Å². The number of aliphatic carboxylic acids is 1. The number of hydrogen-bond donors (Lipinski definition) is 2. The summed E-state index contributed by atoms with van der Waals surface area (Å²) in [5, 5.41) is 8.62. The molecule has 22 heavy (non-hydrogen) atoms. The number of ether oxygens (including phenoxy) is 1. The minimum absolute atomic E-state index is 0.0895. The van der Waals surface area contributed by atoms with Gasteiger partial charge in [-0.3, -0.25) is 9.59 Å². The largest absolute Gasteiger partial charge is 0.491 e. The second-order valence-electron chi connectivity index (χ2n) is 5.22. The summed E-state index contributed by atoms with van der Waals surface area (Å²) in [5.74, 6) is -0.334. The highest BCUT2D eigenvalue weighted by atomic mass is 16.5. The van der Waals surface area contributed by atoms with Gasteiger partial charge in [0.25, 0.3) is 0 Å². The van der Waals surface area contributed by atoms with Crippen LogP contribution in [0.2, 0.25) is 0 Å². The van der Waals surface area contributed by atoms with Crippen molar-refractivity contribution in [3.8, 4) is 5.75 Å². The van der Waals surface area contributed by atoms with Crippen molar-refractivity contribution in [2.24, 2.45) is 0 Å². The normalized spacial score (nSPS) is 11.0. The van der Waals surface area contributed by atoms with Gasteiger partial charge in [0, 0.05) is 6.07 Å². The molecule has 0 atom stereocenters. The minimum Gasteiger partial charge on any atom is -0.491 e. The van der Waals surface area contributed by atoms with Crippen LogP contribution in [0, 0.1) is 0 Å². The summed E-state index contributed by atoms with van der Waals surface area (Å²) in [7, 11) is 0. The van der Waals surface area contributed by atoms with Crippen LogP contribution in [-0.4, -0.2) is 22.7 Å². The van der Waals surface area contributed by atoms with Crippen LogP contribution in [0.3, 0.4) is 0 Å². The van der Waals surface area contributed by atoms with E-state index in [4.69, 9.17) is 9.84 Å². The van der Waals surface area contributed by atoms with Crippen molar-refractivity contribution in [3.63, 3.8) is 0 Å². The molecular weight excluding hydrogens is 282 g/mol. The lowest BCUT2D eigenvalue weighted by Gasteiger charge is -2.08. The fourth-order valence-corrected chi connectivity index (χ4v) is 2.07. The van der Waals surface area contributed by atoms with Gasteiger partial charge in [-0.15, -0.1) is 0 Å². The van der Waals surface area contributed by atoms with E-state index >= 15 is 0 Å². The summed E-state index contributed by atoms with van der Waals surface area (Å²) in [4.78, 5) is 24.5. The van der Waals surface area contributed by atoms with E-state index in [0.717, 1.165) is 12.8 Å². The number of nitrogens with one attached hydrogen (secondary N) is 1. The maximum absolute atomic E-state index is 11.4. The molecule has 1 rings (SSSR count). The summed E-state index contributed by atoms with van der Waals surface area (Å²) in [6.45, 7) is 2.79. The molecule has 0 radical (unpaired) electrons. The number of hydrogen-bond acceptors (Lipinski definition) is 3. The predicted molar refractivity (Wildman–Crippen MR) is 87.2 cm³/mol. The molecular formula is C17H25NO4. The van der Waals surface area contributed by atoms with Crippen LogP contribution in [0.4, 0.5) is 0 Å². The third-order valence-corrected chi connectivity index (χ3v) is 3.24. The van der Waals surface area contributed by atoms with Crippen molar-refractivity contribution in [2.75, 3.05) is 6.61 Å². The van der Waals surface area contributed by atoms with E-state index < -0.39 is 5.97 Å². The quantitative estimate of drug-likeness (QED) is 0.612. The molecule has 5 heteroatoms. The Labute approximate surface area is 131 Å². The Balaban J connectivity index is 2.46. The summed E-state index contributed by atoms with van der Waals surface area (Å²) in [6, 6.07) is 3.03. The van der Waals surface area contributed by atoms with Crippen LogP contribution in [0.5, 0.6) is 5.75 Å². The summed E-state index contributed by atoms with van der Waals surface area (Å²) >= 11 is 0. The van der Waals surface area contributed by atoms with Crippen molar-refractivity contribution < 1.29 is 14.6 Å². The number of carbonyl (C=O) groups is 1. The summed E-state index contributed by atoms with van der Waals surface area (Å²) in [6.07, 6.45) is 10.1. The van der Waals surface area contributed by atoms with Gasteiger partial charge in [-0.05, 0) is 18.6 Å². The number of rotatable bonds is 11. The molecule has 5 nitrogen and oxygen atoms in total. The Morgan fingerprint density at radius 1 is 1.23 bits per heavy atom. The first-order valence-corrected chi connectivity index (χ1v) is 7.88. The molecule has 0 aliphatic rings. The highest BCUT2D eigenvalue weighted by Gasteiger charge is 2.02. The molecule has 1 heterocycles. The van der Waals surface area contributed by atoms with E-state index in [1.165, 1.54) is 37.8 Å². The molecule has 0 fully saturated rings. The lowest BCUT2D eigenvalue weighted by Crippen LogP contribution is -2.08. The highest BCUT2D eigenvalue weighted by molar-refractivity contribution is 5.70. The first-order chi connectivity index (χ1) is 10.6. The van der Waals surface area contributed by atoms with E-state index in [2.05, 4.69) is 11.9 Å². The van der Waals surface area contributed by atoms with Crippen molar-refractivity contribution in [1.29, 1.82) is 0 Å². The van der Waals surface area contributed by atoms with Gasteiger partial charge in [0.05, 0.1) is 18.7 Å². The van der Waals surface area contributed by atoms with Gasteiger partial charge < -0.3 is 14.8 Å². The number of H-pyrrole nitrogens is 1. The van der Waals surface area contributed by atoms with E-state index in [1.54, 1.807) is 12.1 Å². The SMILES string of the molecule is CCCCCCCCOc1ccc(=O)[nH]c1C=CCC(=O)O. The van der Waals surface area contributed by atoms with Crippen LogP contribution in [0.25, 0.3) is 6.08 Å².